The zero-order chi connectivity index (χ0) is 17.8. The van der Waals surface area contributed by atoms with E-state index in [1.54, 1.807) is 6.07 Å². The Morgan fingerprint density at radius 1 is 1.20 bits per heavy atom. The lowest BCUT2D eigenvalue weighted by atomic mass is 10.2. The Kier molecular flexibility index (Phi) is 4.90. The first-order valence-corrected chi connectivity index (χ1v) is 8.42. The Labute approximate surface area is 147 Å². The second-order valence-corrected chi connectivity index (χ2v) is 6.35. The smallest absolute Gasteiger partial charge is 0.262 e. The largest absolute Gasteiger partial charge is 0.358 e. The van der Waals surface area contributed by atoms with Crippen LogP contribution in [0.15, 0.2) is 47.5 Å². The lowest BCUT2D eigenvalue weighted by Gasteiger charge is -2.06. The molecule has 0 aliphatic heterocycles. The topological polar surface area (TPSA) is 93.1 Å². The first-order chi connectivity index (χ1) is 12.1. The SMILES string of the molecule is CNC(=O)CNC(=O)Cn1cnc2sc(-c3ccccc3)cc2c1=O. The number of aromatic nitrogens is 2. The molecule has 2 N–H and O–H groups in total. The molecule has 0 saturated carbocycles. The number of hydrogen-bond acceptors (Lipinski definition) is 5. The second-order valence-electron chi connectivity index (χ2n) is 5.32. The van der Waals surface area contributed by atoms with Gasteiger partial charge in [0.15, 0.2) is 0 Å². The van der Waals surface area contributed by atoms with Crippen LogP contribution in [0.5, 0.6) is 0 Å². The molecule has 0 saturated heterocycles. The van der Waals surface area contributed by atoms with E-state index in [9.17, 15) is 14.4 Å². The van der Waals surface area contributed by atoms with Gasteiger partial charge in [0.25, 0.3) is 5.56 Å². The van der Waals surface area contributed by atoms with Crippen molar-refractivity contribution in [1.29, 1.82) is 0 Å². The van der Waals surface area contributed by atoms with Crippen molar-refractivity contribution in [2.24, 2.45) is 0 Å². The summed E-state index contributed by atoms with van der Waals surface area (Å²) in [5.74, 6) is -0.732. The van der Waals surface area contributed by atoms with Gasteiger partial charge >= 0.3 is 0 Å². The van der Waals surface area contributed by atoms with Crippen molar-refractivity contribution in [3.8, 4) is 10.4 Å². The summed E-state index contributed by atoms with van der Waals surface area (Å²) < 4.78 is 1.24. The quantitative estimate of drug-likeness (QED) is 0.713. The number of likely N-dealkylation sites (N-methyl/N-ethyl adjacent to an activating group) is 1. The second kappa shape index (κ2) is 7.27. The monoisotopic (exact) mass is 356 g/mol. The van der Waals surface area contributed by atoms with E-state index >= 15 is 0 Å². The van der Waals surface area contributed by atoms with Crippen LogP contribution >= 0.6 is 11.3 Å². The maximum absolute atomic E-state index is 12.6. The molecule has 0 spiro atoms. The number of fused-ring (bicyclic) bond motifs is 1. The van der Waals surface area contributed by atoms with Crippen LogP contribution in [0.2, 0.25) is 0 Å². The number of benzene rings is 1. The predicted molar refractivity (Wildman–Crippen MR) is 96.4 cm³/mol. The molecule has 3 aromatic rings. The summed E-state index contributed by atoms with van der Waals surface area (Å²) >= 11 is 1.43. The van der Waals surface area contributed by atoms with Gasteiger partial charge < -0.3 is 10.6 Å². The maximum Gasteiger partial charge on any atom is 0.262 e. The molecule has 1 aromatic carbocycles. The van der Waals surface area contributed by atoms with E-state index in [1.807, 2.05) is 30.3 Å². The Morgan fingerprint density at radius 3 is 2.68 bits per heavy atom. The molecule has 8 heteroatoms. The molecular formula is C17H16N4O3S. The summed E-state index contributed by atoms with van der Waals surface area (Å²) in [5.41, 5.74) is 0.735. The van der Waals surface area contributed by atoms with Crippen LogP contribution in [0.3, 0.4) is 0 Å². The summed E-state index contributed by atoms with van der Waals surface area (Å²) in [6.07, 6.45) is 1.36. The van der Waals surface area contributed by atoms with Crippen molar-refractivity contribution < 1.29 is 9.59 Å². The van der Waals surface area contributed by atoms with E-state index < -0.39 is 5.91 Å². The minimum Gasteiger partial charge on any atom is -0.358 e. The summed E-state index contributed by atoms with van der Waals surface area (Å²) in [4.78, 5) is 41.4. The molecule has 3 rings (SSSR count). The minimum absolute atomic E-state index is 0.129. The standard InChI is InChI=1S/C17H16N4O3S/c1-18-14(22)8-19-15(23)9-21-10-20-16-12(17(21)24)7-13(25-16)11-5-3-2-4-6-11/h2-7,10H,8-9H2,1H3,(H,18,22)(H,19,23). The van der Waals surface area contributed by atoms with Crippen LogP contribution in [0.25, 0.3) is 20.7 Å². The van der Waals surface area contributed by atoms with E-state index in [-0.39, 0.29) is 24.6 Å². The average molecular weight is 356 g/mol. The van der Waals surface area contributed by atoms with E-state index in [0.717, 1.165) is 10.4 Å². The van der Waals surface area contributed by atoms with Crippen molar-refractivity contribution in [2.45, 2.75) is 6.54 Å². The fourth-order valence-electron chi connectivity index (χ4n) is 2.29. The molecular weight excluding hydrogens is 340 g/mol. The van der Waals surface area contributed by atoms with Gasteiger partial charge in [0, 0.05) is 11.9 Å². The molecule has 0 aliphatic rings. The van der Waals surface area contributed by atoms with Gasteiger partial charge in [0.05, 0.1) is 18.3 Å². The molecule has 0 atom stereocenters. The lowest BCUT2D eigenvalue weighted by Crippen LogP contribution is -2.38. The van der Waals surface area contributed by atoms with Crippen LogP contribution < -0.4 is 16.2 Å². The number of carbonyl (C=O) groups is 2. The van der Waals surface area contributed by atoms with Crippen molar-refractivity contribution in [2.75, 3.05) is 13.6 Å². The molecule has 0 unspecified atom stereocenters. The van der Waals surface area contributed by atoms with Crippen LogP contribution in [0.4, 0.5) is 0 Å². The highest BCUT2D eigenvalue weighted by molar-refractivity contribution is 7.21. The van der Waals surface area contributed by atoms with Crippen molar-refractivity contribution >= 4 is 33.4 Å². The van der Waals surface area contributed by atoms with E-state index in [1.165, 1.54) is 29.3 Å². The molecule has 2 aromatic heterocycles. The summed E-state index contributed by atoms with van der Waals surface area (Å²) in [6, 6.07) is 11.5. The molecule has 2 amide bonds. The molecule has 0 fully saturated rings. The summed E-state index contributed by atoms with van der Waals surface area (Å²) in [5, 5.41) is 5.33. The first kappa shape index (κ1) is 16.8. The molecule has 0 bridgehead atoms. The number of carbonyl (C=O) groups excluding carboxylic acids is 2. The number of thiophene rings is 1. The van der Waals surface area contributed by atoms with Gasteiger partial charge in [-0.05, 0) is 11.6 Å². The zero-order valence-electron chi connectivity index (χ0n) is 13.5. The van der Waals surface area contributed by atoms with E-state index in [2.05, 4.69) is 15.6 Å². The van der Waals surface area contributed by atoms with Gasteiger partial charge in [-0.25, -0.2) is 4.98 Å². The van der Waals surface area contributed by atoms with Crippen molar-refractivity contribution in [3.05, 3.63) is 53.1 Å². The summed E-state index contributed by atoms with van der Waals surface area (Å²) in [7, 11) is 1.48. The fraction of sp³-hybridized carbons (Fsp3) is 0.176. The zero-order valence-corrected chi connectivity index (χ0v) is 14.3. The Hall–Kier alpha value is -3.00. The maximum atomic E-state index is 12.6. The number of rotatable bonds is 5. The molecule has 0 aliphatic carbocycles. The van der Waals surface area contributed by atoms with Gasteiger partial charge in [-0.2, -0.15) is 0 Å². The predicted octanol–water partition coefficient (Wildman–Crippen LogP) is 0.987. The highest BCUT2D eigenvalue weighted by Gasteiger charge is 2.12. The normalized spacial score (nSPS) is 10.6. The van der Waals surface area contributed by atoms with Gasteiger partial charge in [-0.3, -0.25) is 19.0 Å². The van der Waals surface area contributed by atoms with Gasteiger partial charge in [-0.15, -0.1) is 11.3 Å². The number of amides is 2. The average Bonchev–Trinajstić information content (AvgIpc) is 3.08. The molecule has 2 heterocycles. The van der Waals surface area contributed by atoms with Crippen LogP contribution in [-0.2, 0) is 16.1 Å². The van der Waals surface area contributed by atoms with E-state index in [4.69, 9.17) is 0 Å². The van der Waals surface area contributed by atoms with Crippen molar-refractivity contribution in [1.82, 2.24) is 20.2 Å². The van der Waals surface area contributed by atoms with Crippen LogP contribution in [0, 0.1) is 0 Å². The van der Waals surface area contributed by atoms with Crippen molar-refractivity contribution in [3.63, 3.8) is 0 Å². The van der Waals surface area contributed by atoms with E-state index in [0.29, 0.717) is 10.2 Å². The Bertz CT molecular complexity index is 978. The number of nitrogens with zero attached hydrogens (tertiary/aromatic N) is 2. The number of hydrogen-bond donors (Lipinski definition) is 2. The third-order valence-corrected chi connectivity index (χ3v) is 4.71. The van der Waals surface area contributed by atoms with Gasteiger partial charge in [-0.1, -0.05) is 30.3 Å². The Balaban J connectivity index is 1.84. The number of nitrogens with one attached hydrogen (secondary N) is 2. The fourth-order valence-corrected chi connectivity index (χ4v) is 3.29. The third kappa shape index (κ3) is 3.74. The molecule has 7 nitrogen and oxygen atoms in total. The minimum atomic E-state index is -0.426. The summed E-state index contributed by atoms with van der Waals surface area (Å²) in [6.45, 7) is -0.314. The lowest BCUT2D eigenvalue weighted by molar-refractivity contribution is -0.126. The molecule has 128 valence electrons. The van der Waals surface area contributed by atoms with Crippen LogP contribution in [0.1, 0.15) is 0 Å². The highest BCUT2D eigenvalue weighted by atomic mass is 32.1. The highest BCUT2D eigenvalue weighted by Crippen LogP contribution is 2.30. The molecule has 0 radical (unpaired) electrons. The third-order valence-electron chi connectivity index (χ3n) is 3.62. The Morgan fingerprint density at radius 2 is 1.96 bits per heavy atom. The van der Waals surface area contributed by atoms with Crippen LogP contribution in [-0.4, -0.2) is 35.0 Å². The molecule has 25 heavy (non-hydrogen) atoms. The van der Waals surface area contributed by atoms with Gasteiger partial charge in [0.1, 0.15) is 11.4 Å². The first-order valence-electron chi connectivity index (χ1n) is 7.60. The van der Waals surface area contributed by atoms with Gasteiger partial charge in [0.2, 0.25) is 11.8 Å².